The van der Waals surface area contributed by atoms with Crippen LogP contribution in [0.1, 0.15) is 18.1 Å². The maximum absolute atomic E-state index is 11.6. The average Bonchev–Trinajstić information content (AvgIpc) is 3.21. The molecular formula is C28H26O5S. The van der Waals surface area contributed by atoms with E-state index in [4.69, 9.17) is 18.9 Å². The lowest BCUT2D eigenvalue weighted by Crippen LogP contribution is -1.98. The van der Waals surface area contributed by atoms with Crippen LogP contribution in [0.5, 0.6) is 23.0 Å². The molecule has 0 bridgehead atoms. The number of carbonyl (C=O) groups is 1. The zero-order valence-corrected chi connectivity index (χ0v) is 20.4. The zero-order valence-electron chi connectivity index (χ0n) is 19.6. The highest BCUT2D eigenvalue weighted by Crippen LogP contribution is 2.47. The minimum atomic E-state index is -0.355. The fraction of sp³-hybridized carbons (Fsp3) is 0.179. The third-order valence-electron chi connectivity index (χ3n) is 5.35. The van der Waals surface area contributed by atoms with Crippen LogP contribution >= 0.6 is 11.3 Å². The normalized spacial score (nSPS) is 11.1. The van der Waals surface area contributed by atoms with Crippen molar-refractivity contribution in [3.8, 4) is 33.4 Å². The molecule has 0 saturated heterocycles. The first-order chi connectivity index (χ1) is 16.5. The summed E-state index contributed by atoms with van der Waals surface area (Å²) in [7, 11) is 3.32. The van der Waals surface area contributed by atoms with Gasteiger partial charge in [-0.25, -0.2) is 4.79 Å². The molecule has 0 aliphatic carbocycles. The number of esters is 1. The van der Waals surface area contributed by atoms with Gasteiger partial charge in [-0.05, 0) is 91.2 Å². The summed E-state index contributed by atoms with van der Waals surface area (Å²) in [4.78, 5) is 12.7. The number of aryl methyl sites for hydroxylation is 1. The van der Waals surface area contributed by atoms with Gasteiger partial charge >= 0.3 is 5.97 Å². The average molecular weight is 475 g/mol. The van der Waals surface area contributed by atoms with Crippen molar-refractivity contribution in [2.45, 2.75) is 13.8 Å². The number of hydrogen-bond acceptors (Lipinski definition) is 6. The first-order valence-corrected chi connectivity index (χ1v) is 11.7. The number of carbonyl (C=O) groups excluding carboxylic acids is 1. The van der Waals surface area contributed by atoms with Gasteiger partial charge in [0.05, 0.1) is 25.7 Å². The van der Waals surface area contributed by atoms with Gasteiger partial charge in [0, 0.05) is 16.2 Å². The van der Waals surface area contributed by atoms with Crippen LogP contribution in [0, 0.1) is 6.92 Å². The van der Waals surface area contributed by atoms with E-state index >= 15 is 0 Å². The molecule has 5 nitrogen and oxygen atoms in total. The van der Waals surface area contributed by atoms with E-state index < -0.39 is 0 Å². The molecule has 6 heteroatoms. The van der Waals surface area contributed by atoms with Gasteiger partial charge in [-0.3, -0.25) is 0 Å². The summed E-state index contributed by atoms with van der Waals surface area (Å²) < 4.78 is 23.2. The van der Waals surface area contributed by atoms with E-state index in [-0.39, 0.29) is 5.97 Å². The minimum absolute atomic E-state index is 0.353. The summed E-state index contributed by atoms with van der Waals surface area (Å²) in [5, 5.41) is 1.01. The second-order valence-electron chi connectivity index (χ2n) is 7.56. The van der Waals surface area contributed by atoms with E-state index in [9.17, 15) is 4.79 Å². The van der Waals surface area contributed by atoms with Gasteiger partial charge in [0.15, 0.2) is 5.75 Å². The zero-order chi connectivity index (χ0) is 24.1. The molecule has 0 saturated carbocycles. The Hall–Kier alpha value is -3.77. The summed E-state index contributed by atoms with van der Waals surface area (Å²) in [6.07, 6.45) is 3.19. The number of rotatable bonds is 8. The third kappa shape index (κ3) is 5.07. The van der Waals surface area contributed by atoms with Gasteiger partial charge in [-0.2, -0.15) is 0 Å². The number of methoxy groups -OCH3 is 2. The highest BCUT2D eigenvalue weighted by atomic mass is 32.1. The molecule has 1 heterocycles. The highest BCUT2D eigenvalue weighted by molar-refractivity contribution is 7.22. The van der Waals surface area contributed by atoms with Gasteiger partial charge in [-0.15, -0.1) is 11.3 Å². The maximum Gasteiger partial charge on any atom is 0.330 e. The molecule has 34 heavy (non-hydrogen) atoms. The predicted molar refractivity (Wildman–Crippen MR) is 137 cm³/mol. The Morgan fingerprint density at radius 1 is 0.912 bits per heavy atom. The fourth-order valence-electron chi connectivity index (χ4n) is 3.58. The molecule has 0 N–H and O–H groups in total. The Labute approximate surface area is 203 Å². The van der Waals surface area contributed by atoms with Crippen LogP contribution in [-0.4, -0.2) is 26.8 Å². The van der Waals surface area contributed by atoms with Crippen LogP contribution < -0.4 is 14.2 Å². The summed E-state index contributed by atoms with van der Waals surface area (Å²) in [5.74, 6) is 2.76. The molecule has 0 amide bonds. The van der Waals surface area contributed by atoms with Crippen molar-refractivity contribution in [1.82, 2.24) is 0 Å². The Balaban J connectivity index is 1.71. The molecule has 0 aliphatic rings. The van der Waals surface area contributed by atoms with Crippen molar-refractivity contribution in [3.05, 3.63) is 77.9 Å². The quantitative estimate of drug-likeness (QED) is 0.199. The lowest BCUT2D eigenvalue weighted by molar-refractivity contribution is -0.137. The van der Waals surface area contributed by atoms with Gasteiger partial charge in [-0.1, -0.05) is 6.07 Å². The number of hydrogen-bond donors (Lipinski definition) is 0. The first kappa shape index (κ1) is 23.4. The monoisotopic (exact) mass is 474 g/mol. The molecule has 4 rings (SSSR count). The van der Waals surface area contributed by atoms with E-state index in [1.807, 2.05) is 67.6 Å². The highest BCUT2D eigenvalue weighted by Gasteiger charge is 2.17. The van der Waals surface area contributed by atoms with E-state index in [0.717, 1.165) is 54.7 Å². The van der Waals surface area contributed by atoms with Crippen molar-refractivity contribution >= 4 is 33.5 Å². The van der Waals surface area contributed by atoms with Crippen molar-refractivity contribution in [3.63, 3.8) is 0 Å². The lowest BCUT2D eigenvalue weighted by Gasteiger charge is -2.11. The summed E-state index contributed by atoms with van der Waals surface area (Å²) in [5.41, 5.74) is 2.96. The number of ether oxygens (including phenoxy) is 4. The number of thiophene rings is 1. The van der Waals surface area contributed by atoms with E-state index in [0.29, 0.717) is 6.61 Å². The van der Waals surface area contributed by atoms with E-state index in [1.54, 1.807) is 38.6 Å². The number of fused-ring (bicyclic) bond motifs is 1. The molecule has 4 aromatic rings. The predicted octanol–water partition coefficient (Wildman–Crippen LogP) is 7.26. The Kier molecular flexibility index (Phi) is 7.18. The maximum atomic E-state index is 11.6. The van der Waals surface area contributed by atoms with Crippen LogP contribution in [0.25, 0.3) is 26.6 Å². The minimum Gasteiger partial charge on any atom is -0.497 e. The summed E-state index contributed by atoms with van der Waals surface area (Å²) in [6, 6.07) is 19.7. The fourth-order valence-corrected chi connectivity index (χ4v) is 4.74. The molecule has 3 aromatic carbocycles. The molecule has 0 spiro atoms. The van der Waals surface area contributed by atoms with Crippen molar-refractivity contribution in [2.24, 2.45) is 0 Å². The second kappa shape index (κ2) is 10.4. The molecule has 0 atom stereocenters. The Morgan fingerprint density at radius 2 is 1.62 bits per heavy atom. The largest absolute Gasteiger partial charge is 0.497 e. The smallest absolute Gasteiger partial charge is 0.330 e. The van der Waals surface area contributed by atoms with Crippen LogP contribution in [0.15, 0.2) is 66.7 Å². The van der Waals surface area contributed by atoms with Gasteiger partial charge in [0.25, 0.3) is 0 Å². The van der Waals surface area contributed by atoms with Gasteiger partial charge in [0.2, 0.25) is 0 Å². The van der Waals surface area contributed by atoms with Crippen LogP contribution in [-0.2, 0) is 9.53 Å². The summed E-state index contributed by atoms with van der Waals surface area (Å²) >= 11 is 1.65. The summed E-state index contributed by atoms with van der Waals surface area (Å²) in [6.45, 7) is 4.12. The lowest BCUT2D eigenvalue weighted by atomic mass is 10.1. The van der Waals surface area contributed by atoms with Gasteiger partial charge < -0.3 is 18.9 Å². The molecule has 0 radical (unpaired) electrons. The van der Waals surface area contributed by atoms with E-state index in [1.165, 1.54) is 6.08 Å². The topological polar surface area (TPSA) is 54.0 Å². The Morgan fingerprint density at radius 3 is 2.29 bits per heavy atom. The molecule has 0 aliphatic heterocycles. The first-order valence-electron chi connectivity index (χ1n) is 10.9. The molecule has 0 fully saturated rings. The third-order valence-corrected chi connectivity index (χ3v) is 6.53. The molecule has 0 unspecified atom stereocenters. The van der Waals surface area contributed by atoms with E-state index in [2.05, 4.69) is 0 Å². The Bertz CT molecular complexity index is 1340. The molecule has 1 aromatic heterocycles. The van der Waals surface area contributed by atoms with Crippen molar-refractivity contribution in [2.75, 3.05) is 20.8 Å². The van der Waals surface area contributed by atoms with Gasteiger partial charge in [0.1, 0.15) is 17.2 Å². The molecular weight excluding hydrogens is 448 g/mol. The number of benzene rings is 3. The SMILES string of the molecule is CCOC(=O)/C=C/c1ccc(Oc2c(-c3ccc(OC)cc3)sc3cc(OC)ccc23)cc1C. The van der Waals surface area contributed by atoms with Crippen LogP contribution in [0.3, 0.4) is 0 Å². The van der Waals surface area contributed by atoms with Crippen LogP contribution in [0.2, 0.25) is 0 Å². The van der Waals surface area contributed by atoms with Crippen molar-refractivity contribution < 1.29 is 23.7 Å². The standard InChI is InChI=1S/C28H26O5S/c1-5-32-26(29)15-9-19-6-12-23(16-18(19)2)33-27-24-14-13-22(31-4)17-25(24)34-28(27)20-7-10-21(30-3)11-8-20/h6-17H,5H2,1-4H3/b15-9+. The van der Waals surface area contributed by atoms with Crippen LogP contribution in [0.4, 0.5) is 0 Å². The molecule has 174 valence electrons. The second-order valence-corrected chi connectivity index (χ2v) is 8.61. The van der Waals surface area contributed by atoms with Crippen molar-refractivity contribution in [1.29, 1.82) is 0 Å².